The van der Waals surface area contributed by atoms with E-state index < -0.39 is 17.6 Å². The molecule has 0 aliphatic carbocycles. The van der Waals surface area contributed by atoms with Crippen LogP contribution in [0.15, 0.2) is 29.3 Å². The van der Waals surface area contributed by atoms with E-state index in [1.807, 2.05) is 44.1 Å². The summed E-state index contributed by atoms with van der Waals surface area (Å²) in [6.07, 6.45) is -2.48. The van der Waals surface area contributed by atoms with Crippen molar-refractivity contribution in [1.82, 2.24) is 9.36 Å². The maximum Gasteiger partial charge on any atom is 0.416 e. The number of hydrogen-bond donors (Lipinski definition) is 0. The van der Waals surface area contributed by atoms with E-state index in [1.165, 1.54) is 0 Å². The van der Waals surface area contributed by atoms with E-state index in [1.54, 1.807) is 6.07 Å². The lowest BCUT2D eigenvalue weighted by Gasteiger charge is -2.20. The van der Waals surface area contributed by atoms with Gasteiger partial charge in [0, 0.05) is 36.3 Å². The van der Waals surface area contributed by atoms with Crippen molar-refractivity contribution in [2.75, 3.05) is 0 Å². The summed E-state index contributed by atoms with van der Waals surface area (Å²) in [5.41, 5.74) is -0.422. The Bertz CT molecular complexity index is 977. The van der Waals surface area contributed by atoms with Gasteiger partial charge in [-0.1, -0.05) is 40.2 Å². The summed E-state index contributed by atoms with van der Waals surface area (Å²) in [7, 11) is 1.86. The zero-order chi connectivity index (χ0) is 22.0. The van der Waals surface area contributed by atoms with Crippen LogP contribution >= 0.6 is 0 Å². The van der Waals surface area contributed by atoms with Crippen LogP contribution in [-0.2, 0) is 25.2 Å². The molecule has 0 N–H and O–H groups in total. The van der Waals surface area contributed by atoms with Gasteiger partial charge in [-0.05, 0) is 18.6 Å². The maximum atomic E-state index is 13.0. The highest BCUT2D eigenvalue weighted by Crippen LogP contribution is 2.30. The van der Waals surface area contributed by atoms with E-state index >= 15 is 0 Å². The summed E-state index contributed by atoms with van der Waals surface area (Å²) in [4.78, 5) is 28.1. The molecule has 0 aliphatic heterocycles. The van der Waals surface area contributed by atoms with Crippen LogP contribution in [0.25, 0.3) is 0 Å². The van der Waals surface area contributed by atoms with E-state index in [2.05, 4.69) is 4.99 Å². The minimum absolute atomic E-state index is 0.126. The van der Waals surface area contributed by atoms with Gasteiger partial charge in [0.05, 0.1) is 11.1 Å². The summed E-state index contributed by atoms with van der Waals surface area (Å²) >= 11 is 0. The lowest BCUT2D eigenvalue weighted by molar-refractivity contribution is -0.137. The Morgan fingerprint density at radius 1 is 1.17 bits per heavy atom. The molecular formula is C21H26F3N3O2. The fourth-order valence-electron chi connectivity index (χ4n) is 3.12. The fraction of sp³-hybridized carbons (Fsp3) is 0.476. The first-order valence-electron chi connectivity index (χ1n) is 9.43. The highest BCUT2D eigenvalue weighted by atomic mass is 19.4. The Morgan fingerprint density at radius 3 is 2.34 bits per heavy atom. The normalized spacial score (nSPS) is 13.0. The molecule has 29 heavy (non-hydrogen) atoms. The van der Waals surface area contributed by atoms with Crippen molar-refractivity contribution in [2.45, 2.75) is 58.7 Å². The molecular weight excluding hydrogens is 383 g/mol. The van der Waals surface area contributed by atoms with E-state index in [-0.39, 0.29) is 16.5 Å². The highest BCUT2D eigenvalue weighted by molar-refractivity contribution is 6.02. The van der Waals surface area contributed by atoms with Crippen LogP contribution in [0.3, 0.4) is 0 Å². The van der Waals surface area contributed by atoms with Gasteiger partial charge in [-0.15, -0.1) is 0 Å². The van der Waals surface area contributed by atoms with E-state index in [0.717, 1.165) is 30.7 Å². The van der Waals surface area contributed by atoms with Gasteiger partial charge >= 0.3 is 6.18 Å². The molecule has 0 bridgehead atoms. The molecule has 0 spiro atoms. The van der Waals surface area contributed by atoms with Crippen LogP contribution in [0.2, 0.25) is 0 Å². The van der Waals surface area contributed by atoms with Gasteiger partial charge in [0.25, 0.3) is 5.91 Å². The minimum Gasteiger partial charge on any atom is -0.298 e. The smallest absolute Gasteiger partial charge is 0.298 e. The Morgan fingerprint density at radius 2 is 1.83 bits per heavy atom. The predicted molar refractivity (Wildman–Crippen MR) is 104 cm³/mol. The third-order valence-corrected chi connectivity index (χ3v) is 4.69. The van der Waals surface area contributed by atoms with Crippen LogP contribution < -0.4 is 5.49 Å². The quantitative estimate of drug-likeness (QED) is 0.683. The number of carbonyl (C=O) groups is 2. The van der Waals surface area contributed by atoms with E-state index in [0.29, 0.717) is 24.4 Å². The first kappa shape index (κ1) is 22.6. The number of aldehydes is 1. The number of amides is 1. The molecule has 158 valence electrons. The van der Waals surface area contributed by atoms with Crippen molar-refractivity contribution in [3.8, 4) is 0 Å². The van der Waals surface area contributed by atoms with Crippen LogP contribution in [0, 0.1) is 0 Å². The lowest BCUT2D eigenvalue weighted by Crippen LogP contribution is -2.25. The van der Waals surface area contributed by atoms with Crippen molar-refractivity contribution in [3.63, 3.8) is 0 Å². The number of halogens is 3. The van der Waals surface area contributed by atoms with Crippen LogP contribution in [0.4, 0.5) is 13.2 Å². The van der Waals surface area contributed by atoms with Gasteiger partial charge in [-0.3, -0.25) is 19.0 Å². The minimum atomic E-state index is -4.62. The molecule has 0 atom stereocenters. The third-order valence-electron chi connectivity index (χ3n) is 4.69. The number of rotatable bonds is 5. The molecule has 1 heterocycles. The van der Waals surface area contributed by atoms with Crippen LogP contribution in [-0.4, -0.2) is 21.6 Å². The maximum absolute atomic E-state index is 13.0. The van der Waals surface area contributed by atoms with Gasteiger partial charge < -0.3 is 0 Å². The molecule has 5 nitrogen and oxygen atoms in total. The van der Waals surface area contributed by atoms with E-state index in [9.17, 15) is 22.8 Å². The second-order valence-electron chi connectivity index (χ2n) is 7.97. The van der Waals surface area contributed by atoms with E-state index in [4.69, 9.17) is 0 Å². The number of hydrogen-bond acceptors (Lipinski definition) is 2. The first-order chi connectivity index (χ1) is 13.4. The van der Waals surface area contributed by atoms with Gasteiger partial charge in [0.1, 0.15) is 0 Å². The fourth-order valence-corrected chi connectivity index (χ4v) is 3.12. The molecule has 2 aromatic rings. The average molecular weight is 409 g/mol. The SMILES string of the molecule is CCCCn1c(=NC(=O)c2cc(C(F)(F)F)ccc2C=O)cc(C(C)(C)C)n1C. The van der Waals surface area contributed by atoms with Crippen molar-refractivity contribution in [3.05, 3.63) is 52.1 Å². The topological polar surface area (TPSA) is 56.4 Å². The molecule has 0 saturated heterocycles. The lowest BCUT2D eigenvalue weighted by atomic mass is 9.92. The molecule has 0 saturated carbocycles. The zero-order valence-electron chi connectivity index (χ0n) is 17.3. The average Bonchev–Trinajstić information content (AvgIpc) is 2.94. The highest BCUT2D eigenvalue weighted by Gasteiger charge is 2.32. The van der Waals surface area contributed by atoms with Gasteiger partial charge in [0.2, 0.25) is 0 Å². The Kier molecular flexibility index (Phi) is 6.55. The van der Waals surface area contributed by atoms with Crippen LogP contribution in [0.5, 0.6) is 0 Å². The standard InChI is InChI=1S/C21H26F3N3O2/c1-6-7-10-27-18(12-17(26(27)5)20(2,3)4)25-19(29)16-11-15(21(22,23)24)9-8-14(16)13-28/h8-9,11-13H,6-7,10H2,1-5H3. The van der Waals surface area contributed by atoms with Gasteiger partial charge in [-0.2, -0.15) is 18.2 Å². The summed E-state index contributed by atoms with van der Waals surface area (Å²) in [5, 5.41) is 0. The van der Waals surface area contributed by atoms with Crippen molar-refractivity contribution < 1.29 is 22.8 Å². The number of carbonyl (C=O) groups excluding carboxylic acids is 2. The Balaban J connectivity index is 2.65. The first-order valence-corrected chi connectivity index (χ1v) is 9.43. The summed E-state index contributed by atoms with van der Waals surface area (Å²) in [6.45, 7) is 8.72. The second-order valence-corrected chi connectivity index (χ2v) is 7.97. The summed E-state index contributed by atoms with van der Waals surface area (Å²) in [6, 6.07) is 4.22. The molecule has 1 aromatic carbocycles. The molecule has 1 aromatic heterocycles. The summed E-state index contributed by atoms with van der Waals surface area (Å²) in [5.74, 6) is -0.880. The monoisotopic (exact) mass is 409 g/mol. The number of unbranched alkanes of at least 4 members (excludes halogenated alkanes) is 1. The zero-order valence-corrected chi connectivity index (χ0v) is 17.3. The summed E-state index contributed by atoms with van der Waals surface area (Å²) < 4.78 is 42.9. The molecule has 8 heteroatoms. The third kappa shape index (κ3) is 5.05. The Hall–Kier alpha value is -2.64. The molecule has 0 unspecified atom stereocenters. The number of aromatic nitrogens is 2. The molecule has 0 radical (unpaired) electrons. The molecule has 2 rings (SSSR count). The van der Waals surface area contributed by atoms with Gasteiger partial charge in [0.15, 0.2) is 11.8 Å². The van der Waals surface area contributed by atoms with Gasteiger partial charge in [-0.25, -0.2) is 0 Å². The number of nitrogens with zero attached hydrogens (tertiary/aromatic N) is 3. The predicted octanol–water partition coefficient (Wildman–Crippen LogP) is 4.50. The molecule has 0 fully saturated rings. The van der Waals surface area contributed by atoms with Crippen LogP contribution in [0.1, 0.15) is 72.5 Å². The number of alkyl halides is 3. The van der Waals surface area contributed by atoms with Crippen molar-refractivity contribution in [2.24, 2.45) is 12.0 Å². The number of benzene rings is 1. The van der Waals surface area contributed by atoms with Crippen molar-refractivity contribution in [1.29, 1.82) is 0 Å². The molecule has 0 aliphatic rings. The van der Waals surface area contributed by atoms with Crippen molar-refractivity contribution >= 4 is 12.2 Å². The Labute approximate surface area is 167 Å². The second kappa shape index (κ2) is 8.39. The largest absolute Gasteiger partial charge is 0.416 e. The molecule has 1 amide bonds.